The molecular formula is C19H12Cl2N2O. The van der Waals surface area contributed by atoms with Gasteiger partial charge < -0.3 is 4.74 Å². The quantitative estimate of drug-likeness (QED) is 0.614. The van der Waals surface area contributed by atoms with Gasteiger partial charge in [-0.2, -0.15) is 5.26 Å². The van der Waals surface area contributed by atoms with E-state index in [1.54, 1.807) is 18.2 Å². The fourth-order valence-electron chi connectivity index (χ4n) is 2.45. The average molecular weight is 355 g/mol. The molecule has 1 aromatic heterocycles. The van der Waals surface area contributed by atoms with Gasteiger partial charge >= 0.3 is 0 Å². The van der Waals surface area contributed by atoms with E-state index in [4.69, 9.17) is 27.9 Å². The molecule has 1 heterocycles. The number of nitrogens with zero attached hydrogens (tertiary/aromatic N) is 2. The molecule has 2 aromatic carbocycles. The zero-order valence-corrected chi connectivity index (χ0v) is 14.3. The van der Waals surface area contributed by atoms with Crippen molar-refractivity contribution in [2.24, 2.45) is 0 Å². The summed E-state index contributed by atoms with van der Waals surface area (Å²) in [6.45, 7) is 0. The van der Waals surface area contributed by atoms with Crippen LogP contribution in [0.1, 0.15) is 5.56 Å². The van der Waals surface area contributed by atoms with Gasteiger partial charge in [0.05, 0.1) is 12.8 Å². The van der Waals surface area contributed by atoms with Gasteiger partial charge in [0.1, 0.15) is 11.6 Å². The maximum Gasteiger partial charge on any atom is 0.232 e. The molecule has 0 aliphatic rings. The Balaban J connectivity index is 2.29. The molecule has 0 bridgehead atoms. The van der Waals surface area contributed by atoms with Gasteiger partial charge in [0.15, 0.2) is 0 Å². The number of aromatic nitrogens is 1. The first-order chi connectivity index (χ1) is 11.6. The summed E-state index contributed by atoms with van der Waals surface area (Å²) in [5.74, 6) is 0.264. The summed E-state index contributed by atoms with van der Waals surface area (Å²) >= 11 is 12.3. The smallest absolute Gasteiger partial charge is 0.232 e. The predicted octanol–water partition coefficient (Wildman–Crippen LogP) is 5.60. The van der Waals surface area contributed by atoms with Crippen molar-refractivity contribution in [2.75, 3.05) is 7.11 Å². The van der Waals surface area contributed by atoms with Crippen LogP contribution in [0.5, 0.6) is 5.88 Å². The summed E-state index contributed by atoms with van der Waals surface area (Å²) in [6, 6.07) is 18.8. The maximum atomic E-state index is 9.56. The molecule has 0 N–H and O–H groups in total. The predicted molar refractivity (Wildman–Crippen MR) is 96.4 cm³/mol. The van der Waals surface area contributed by atoms with Crippen molar-refractivity contribution in [1.29, 1.82) is 5.26 Å². The van der Waals surface area contributed by atoms with Crippen LogP contribution in [0.15, 0.2) is 54.6 Å². The fraction of sp³-hybridized carbons (Fsp3) is 0.0526. The molecule has 0 amide bonds. The summed E-state index contributed by atoms with van der Waals surface area (Å²) in [6.07, 6.45) is 0. The Bertz CT molecular complexity index is 934. The van der Waals surface area contributed by atoms with Crippen LogP contribution in [-0.2, 0) is 0 Å². The number of hydrogen-bond acceptors (Lipinski definition) is 3. The summed E-state index contributed by atoms with van der Waals surface area (Å²) < 4.78 is 5.32. The molecule has 0 spiro atoms. The summed E-state index contributed by atoms with van der Waals surface area (Å²) in [7, 11) is 1.49. The minimum atomic E-state index is 0.264. The number of nitriles is 1. The standard InChI is InChI=1S/C19H12Cl2N2O/c1-24-19-16(11-22)15(14-8-7-13(20)9-17(14)21)10-18(23-19)12-5-3-2-4-6-12/h2-10H,1H3. The zero-order chi connectivity index (χ0) is 17.1. The molecular weight excluding hydrogens is 343 g/mol. The Kier molecular flexibility index (Phi) is 4.71. The fourth-order valence-corrected chi connectivity index (χ4v) is 2.96. The van der Waals surface area contributed by atoms with Gasteiger partial charge in [0.25, 0.3) is 0 Å². The molecule has 0 atom stereocenters. The van der Waals surface area contributed by atoms with Crippen molar-refractivity contribution in [1.82, 2.24) is 4.98 Å². The van der Waals surface area contributed by atoms with Crippen LogP contribution in [0.3, 0.4) is 0 Å². The van der Waals surface area contributed by atoms with Crippen molar-refractivity contribution >= 4 is 23.2 Å². The SMILES string of the molecule is COc1nc(-c2ccccc2)cc(-c2ccc(Cl)cc2Cl)c1C#N. The normalized spacial score (nSPS) is 10.2. The van der Waals surface area contributed by atoms with Gasteiger partial charge in [-0.15, -0.1) is 0 Å². The molecule has 118 valence electrons. The molecule has 0 fully saturated rings. The van der Waals surface area contributed by atoms with Gasteiger partial charge in [-0.1, -0.05) is 59.6 Å². The van der Waals surface area contributed by atoms with E-state index in [1.807, 2.05) is 36.4 Å². The third-order valence-electron chi connectivity index (χ3n) is 3.58. The number of hydrogen-bond donors (Lipinski definition) is 0. The highest BCUT2D eigenvalue weighted by molar-refractivity contribution is 6.36. The van der Waals surface area contributed by atoms with Crippen LogP contribution in [0, 0.1) is 11.3 Å². The largest absolute Gasteiger partial charge is 0.480 e. The molecule has 0 aliphatic heterocycles. The Morgan fingerprint density at radius 2 is 1.75 bits per heavy atom. The topological polar surface area (TPSA) is 45.9 Å². The lowest BCUT2D eigenvalue weighted by molar-refractivity contribution is 0.397. The highest BCUT2D eigenvalue weighted by Crippen LogP contribution is 2.37. The first-order valence-corrected chi connectivity index (χ1v) is 7.89. The van der Waals surface area contributed by atoms with Crippen LogP contribution in [0.4, 0.5) is 0 Å². The average Bonchev–Trinajstić information content (AvgIpc) is 2.61. The summed E-state index contributed by atoms with van der Waals surface area (Å²) in [5.41, 5.74) is 3.32. The second-order valence-electron chi connectivity index (χ2n) is 5.04. The van der Waals surface area contributed by atoms with Crippen LogP contribution in [0.2, 0.25) is 10.0 Å². The number of benzene rings is 2. The molecule has 5 heteroatoms. The van der Waals surface area contributed by atoms with Crippen LogP contribution in [-0.4, -0.2) is 12.1 Å². The van der Waals surface area contributed by atoms with E-state index in [9.17, 15) is 5.26 Å². The Morgan fingerprint density at radius 1 is 1.00 bits per heavy atom. The number of pyridine rings is 1. The van der Waals surface area contributed by atoms with Crippen molar-refractivity contribution < 1.29 is 4.74 Å². The van der Waals surface area contributed by atoms with Crippen molar-refractivity contribution in [3.05, 3.63) is 70.2 Å². The first-order valence-electron chi connectivity index (χ1n) is 7.14. The second kappa shape index (κ2) is 6.92. The zero-order valence-electron chi connectivity index (χ0n) is 12.8. The first kappa shape index (κ1) is 16.3. The summed E-state index contributed by atoms with van der Waals surface area (Å²) in [5, 5.41) is 10.6. The minimum Gasteiger partial charge on any atom is -0.480 e. The highest BCUT2D eigenvalue weighted by Gasteiger charge is 2.17. The minimum absolute atomic E-state index is 0.264. The van der Waals surface area contributed by atoms with Crippen LogP contribution in [0.25, 0.3) is 22.4 Å². The molecule has 3 rings (SSSR count). The van der Waals surface area contributed by atoms with Gasteiger partial charge in [-0.05, 0) is 18.2 Å². The van der Waals surface area contributed by atoms with E-state index in [0.717, 1.165) is 5.56 Å². The molecule has 3 nitrogen and oxygen atoms in total. The molecule has 0 saturated carbocycles. The van der Waals surface area contributed by atoms with E-state index in [1.165, 1.54) is 7.11 Å². The van der Waals surface area contributed by atoms with E-state index in [-0.39, 0.29) is 5.88 Å². The summed E-state index contributed by atoms with van der Waals surface area (Å²) in [4.78, 5) is 4.45. The lowest BCUT2D eigenvalue weighted by Gasteiger charge is -2.13. The van der Waals surface area contributed by atoms with Gasteiger partial charge in [0.2, 0.25) is 5.88 Å². The second-order valence-corrected chi connectivity index (χ2v) is 5.88. The molecule has 0 aliphatic carbocycles. The molecule has 3 aromatic rings. The Labute approximate surface area is 150 Å². The third kappa shape index (κ3) is 3.07. The van der Waals surface area contributed by atoms with E-state index >= 15 is 0 Å². The van der Waals surface area contributed by atoms with Gasteiger partial charge in [-0.3, -0.25) is 0 Å². The monoisotopic (exact) mass is 354 g/mol. The maximum absolute atomic E-state index is 9.56. The molecule has 0 radical (unpaired) electrons. The Morgan fingerprint density at radius 3 is 2.38 bits per heavy atom. The molecule has 0 saturated heterocycles. The van der Waals surface area contributed by atoms with E-state index in [0.29, 0.717) is 32.4 Å². The highest BCUT2D eigenvalue weighted by atomic mass is 35.5. The van der Waals surface area contributed by atoms with Crippen molar-refractivity contribution in [3.63, 3.8) is 0 Å². The molecule has 24 heavy (non-hydrogen) atoms. The molecule has 0 unspecified atom stereocenters. The van der Waals surface area contributed by atoms with Crippen molar-refractivity contribution in [2.45, 2.75) is 0 Å². The van der Waals surface area contributed by atoms with Crippen LogP contribution < -0.4 is 4.74 Å². The Hall–Kier alpha value is -2.54. The van der Waals surface area contributed by atoms with Crippen LogP contribution >= 0.6 is 23.2 Å². The lowest BCUT2D eigenvalue weighted by atomic mass is 9.98. The number of methoxy groups -OCH3 is 1. The third-order valence-corrected chi connectivity index (χ3v) is 4.13. The van der Waals surface area contributed by atoms with Crippen molar-refractivity contribution in [3.8, 4) is 34.3 Å². The number of ether oxygens (including phenoxy) is 1. The number of rotatable bonds is 3. The lowest BCUT2D eigenvalue weighted by Crippen LogP contribution is -1.98. The van der Waals surface area contributed by atoms with Gasteiger partial charge in [0, 0.05) is 26.7 Å². The van der Waals surface area contributed by atoms with E-state index in [2.05, 4.69) is 11.1 Å². The van der Waals surface area contributed by atoms with E-state index < -0.39 is 0 Å². The number of halogens is 2. The van der Waals surface area contributed by atoms with Gasteiger partial charge in [-0.25, -0.2) is 4.98 Å².